The van der Waals surface area contributed by atoms with E-state index in [-0.39, 0.29) is 6.04 Å². The highest BCUT2D eigenvalue weighted by Crippen LogP contribution is 2.11. The standard InChI is InChI=1S/C12H26N2O2S/c1-11(2)14(3)8-5-7-13-12-6-4-9-17(15,16)10-12/h11-13H,4-10H2,1-3H3. The van der Waals surface area contributed by atoms with E-state index >= 15 is 0 Å². The second-order valence-electron chi connectivity index (χ2n) is 5.34. The van der Waals surface area contributed by atoms with E-state index in [0.717, 1.165) is 32.4 Å². The van der Waals surface area contributed by atoms with Crippen molar-refractivity contribution >= 4 is 9.84 Å². The summed E-state index contributed by atoms with van der Waals surface area (Å²) in [5.74, 6) is 0.703. The Morgan fingerprint density at radius 1 is 1.41 bits per heavy atom. The molecule has 102 valence electrons. The molecule has 1 fully saturated rings. The molecular formula is C12H26N2O2S. The van der Waals surface area contributed by atoms with Gasteiger partial charge in [-0.25, -0.2) is 8.42 Å². The van der Waals surface area contributed by atoms with Crippen LogP contribution in [-0.4, -0.2) is 57.0 Å². The largest absolute Gasteiger partial charge is 0.313 e. The SMILES string of the molecule is CC(C)N(C)CCCNC1CCCS(=O)(=O)C1. The van der Waals surface area contributed by atoms with Crippen LogP contribution in [0.1, 0.15) is 33.1 Å². The van der Waals surface area contributed by atoms with E-state index in [0.29, 0.717) is 17.5 Å². The van der Waals surface area contributed by atoms with Crippen molar-refractivity contribution in [1.82, 2.24) is 10.2 Å². The van der Waals surface area contributed by atoms with E-state index in [1.54, 1.807) is 0 Å². The smallest absolute Gasteiger partial charge is 0.151 e. The normalized spacial score (nSPS) is 24.4. The first kappa shape index (κ1) is 14.9. The Kier molecular flexibility index (Phi) is 5.89. The quantitative estimate of drug-likeness (QED) is 0.722. The molecule has 1 saturated heterocycles. The molecule has 1 unspecified atom stereocenters. The minimum Gasteiger partial charge on any atom is -0.313 e. The van der Waals surface area contributed by atoms with Crippen molar-refractivity contribution in [2.45, 2.75) is 45.2 Å². The molecule has 1 aliphatic heterocycles. The number of sulfone groups is 1. The van der Waals surface area contributed by atoms with Gasteiger partial charge in [-0.15, -0.1) is 0 Å². The molecule has 0 aromatic rings. The van der Waals surface area contributed by atoms with Gasteiger partial charge in [0.25, 0.3) is 0 Å². The summed E-state index contributed by atoms with van der Waals surface area (Å²) in [5, 5.41) is 3.37. The van der Waals surface area contributed by atoms with Crippen LogP contribution in [0.4, 0.5) is 0 Å². The summed E-state index contributed by atoms with van der Waals surface area (Å²) >= 11 is 0. The zero-order valence-corrected chi connectivity index (χ0v) is 12.1. The molecule has 1 atom stereocenters. The second kappa shape index (κ2) is 6.71. The molecule has 4 nitrogen and oxygen atoms in total. The van der Waals surface area contributed by atoms with Gasteiger partial charge in [-0.2, -0.15) is 0 Å². The van der Waals surface area contributed by atoms with Crippen LogP contribution in [0.2, 0.25) is 0 Å². The van der Waals surface area contributed by atoms with E-state index in [4.69, 9.17) is 0 Å². The van der Waals surface area contributed by atoms with Crippen molar-refractivity contribution < 1.29 is 8.42 Å². The van der Waals surface area contributed by atoms with Gasteiger partial charge in [-0.1, -0.05) is 0 Å². The molecule has 17 heavy (non-hydrogen) atoms. The summed E-state index contributed by atoms with van der Waals surface area (Å²) in [6, 6.07) is 0.753. The van der Waals surface area contributed by atoms with Crippen molar-refractivity contribution in [3.8, 4) is 0 Å². The van der Waals surface area contributed by atoms with Crippen LogP contribution < -0.4 is 5.32 Å². The van der Waals surface area contributed by atoms with Crippen LogP contribution >= 0.6 is 0 Å². The lowest BCUT2D eigenvalue weighted by Gasteiger charge is -2.24. The molecule has 0 saturated carbocycles. The van der Waals surface area contributed by atoms with Crippen molar-refractivity contribution in [2.24, 2.45) is 0 Å². The third-order valence-corrected chi connectivity index (χ3v) is 5.29. The summed E-state index contributed by atoms with van der Waals surface area (Å²) in [4.78, 5) is 2.30. The highest BCUT2D eigenvalue weighted by Gasteiger charge is 2.23. The Morgan fingerprint density at radius 2 is 2.12 bits per heavy atom. The third-order valence-electron chi connectivity index (χ3n) is 3.47. The molecule has 0 radical (unpaired) electrons. The Hall–Kier alpha value is -0.130. The van der Waals surface area contributed by atoms with Gasteiger partial charge >= 0.3 is 0 Å². The van der Waals surface area contributed by atoms with Crippen LogP contribution in [0.15, 0.2) is 0 Å². The molecule has 1 aliphatic rings. The molecule has 1 rings (SSSR count). The van der Waals surface area contributed by atoms with Crippen molar-refractivity contribution in [1.29, 1.82) is 0 Å². The monoisotopic (exact) mass is 262 g/mol. The zero-order valence-electron chi connectivity index (χ0n) is 11.3. The predicted octanol–water partition coefficient (Wildman–Crippen LogP) is 0.884. The van der Waals surface area contributed by atoms with Gasteiger partial charge in [-0.05, 0) is 53.2 Å². The number of nitrogens with one attached hydrogen (secondary N) is 1. The Morgan fingerprint density at radius 3 is 2.71 bits per heavy atom. The molecular weight excluding hydrogens is 236 g/mol. The predicted molar refractivity (Wildman–Crippen MR) is 72.1 cm³/mol. The van der Waals surface area contributed by atoms with E-state index in [2.05, 4.69) is 31.1 Å². The van der Waals surface area contributed by atoms with Gasteiger partial charge < -0.3 is 10.2 Å². The minimum absolute atomic E-state index is 0.179. The highest BCUT2D eigenvalue weighted by atomic mass is 32.2. The lowest BCUT2D eigenvalue weighted by atomic mass is 10.2. The average molecular weight is 262 g/mol. The number of hydrogen-bond donors (Lipinski definition) is 1. The summed E-state index contributed by atoms with van der Waals surface area (Å²) < 4.78 is 22.9. The van der Waals surface area contributed by atoms with E-state index in [9.17, 15) is 8.42 Å². The maximum Gasteiger partial charge on any atom is 0.151 e. The van der Waals surface area contributed by atoms with Crippen LogP contribution in [0.5, 0.6) is 0 Å². The first-order valence-electron chi connectivity index (χ1n) is 6.55. The highest BCUT2D eigenvalue weighted by molar-refractivity contribution is 7.91. The molecule has 0 spiro atoms. The molecule has 1 heterocycles. The van der Waals surface area contributed by atoms with Crippen LogP contribution in [-0.2, 0) is 9.84 Å². The van der Waals surface area contributed by atoms with E-state index < -0.39 is 9.84 Å². The maximum absolute atomic E-state index is 11.4. The summed E-state index contributed by atoms with van der Waals surface area (Å²) in [6.45, 7) is 6.34. The lowest BCUT2D eigenvalue weighted by Crippen LogP contribution is -2.41. The van der Waals surface area contributed by atoms with Crippen molar-refractivity contribution in [3.63, 3.8) is 0 Å². The Bertz CT molecular complexity index is 314. The topological polar surface area (TPSA) is 49.4 Å². The first-order chi connectivity index (χ1) is 7.91. The van der Waals surface area contributed by atoms with E-state index in [1.165, 1.54) is 0 Å². The summed E-state index contributed by atoms with van der Waals surface area (Å²) in [7, 11) is -0.651. The Balaban J connectivity index is 2.15. The second-order valence-corrected chi connectivity index (χ2v) is 7.56. The summed E-state index contributed by atoms with van der Waals surface area (Å²) in [5.41, 5.74) is 0. The van der Waals surface area contributed by atoms with Gasteiger partial charge in [0.15, 0.2) is 9.84 Å². The zero-order chi connectivity index (χ0) is 12.9. The number of rotatable bonds is 6. The molecule has 0 aliphatic carbocycles. The van der Waals surface area contributed by atoms with Crippen LogP contribution in [0, 0.1) is 0 Å². The van der Waals surface area contributed by atoms with Crippen molar-refractivity contribution in [2.75, 3.05) is 31.6 Å². The van der Waals surface area contributed by atoms with E-state index in [1.807, 2.05) is 0 Å². The fraction of sp³-hybridized carbons (Fsp3) is 1.00. The fourth-order valence-corrected chi connectivity index (χ4v) is 3.75. The maximum atomic E-state index is 11.4. The third kappa shape index (κ3) is 5.84. The number of nitrogens with zero attached hydrogens (tertiary/aromatic N) is 1. The average Bonchev–Trinajstić information content (AvgIpc) is 2.22. The lowest BCUT2D eigenvalue weighted by molar-refractivity contribution is 0.267. The van der Waals surface area contributed by atoms with Crippen LogP contribution in [0.25, 0.3) is 0 Å². The molecule has 0 bridgehead atoms. The minimum atomic E-state index is -2.77. The molecule has 0 amide bonds. The van der Waals surface area contributed by atoms with Crippen LogP contribution in [0.3, 0.4) is 0 Å². The first-order valence-corrected chi connectivity index (χ1v) is 8.37. The molecule has 0 aromatic heterocycles. The van der Waals surface area contributed by atoms with Gasteiger partial charge in [0.1, 0.15) is 0 Å². The summed E-state index contributed by atoms with van der Waals surface area (Å²) in [6.07, 6.45) is 2.89. The Labute approximate surface area is 106 Å². The van der Waals surface area contributed by atoms with Gasteiger partial charge in [-0.3, -0.25) is 0 Å². The molecule has 5 heteroatoms. The molecule has 0 aromatic carbocycles. The fourth-order valence-electron chi connectivity index (χ4n) is 2.08. The van der Waals surface area contributed by atoms with Gasteiger partial charge in [0.2, 0.25) is 0 Å². The van der Waals surface area contributed by atoms with Gasteiger partial charge in [0.05, 0.1) is 11.5 Å². The molecule has 1 N–H and O–H groups in total. The van der Waals surface area contributed by atoms with Crippen molar-refractivity contribution in [3.05, 3.63) is 0 Å². The number of hydrogen-bond acceptors (Lipinski definition) is 4. The van der Waals surface area contributed by atoms with Gasteiger partial charge in [0, 0.05) is 12.1 Å².